The number of methoxy groups -OCH3 is 5. The van der Waals surface area contributed by atoms with Gasteiger partial charge in [-0.15, -0.1) is 0 Å². The van der Waals surface area contributed by atoms with E-state index in [9.17, 15) is 0 Å². The second kappa shape index (κ2) is 13.6. The third kappa shape index (κ3) is 5.21. The topological polar surface area (TPSA) is 67.9 Å². The molecule has 0 bridgehead atoms. The average Bonchev–Trinajstić information content (AvgIpc) is 3.53. The van der Waals surface area contributed by atoms with Gasteiger partial charge in [-0.1, -0.05) is 44.2 Å². The van der Waals surface area contributed by atoms with Crippen molar-refractivity contribution in [2.24, 2.45) is 0 Å². The van der Waals surface area contributed by atoms with E-state index in [1.165, 1.54) is 5.56 Å². The Kier molecular flexibility index (Phi) is 8.89. The molecule has 1 atom stereocenters. The smallest absolute Gasteiger partial charge is 0.178 e. The average molecular weight is 714 g/mol. The molecule has 0 spiro atoms. The van der Waals surface area contributed by atoms with Crippen LogP contribution < -0.4 is 33.3 Å². The summed E-state index contributed by atoms with van der Waals surface area (Å²) in [6.07, 6.45) is 6.20. The molecule has 1 unspecified atom stereocenters. The minimum absolute atomic E-state index is 0.371. The van der Waals surface area contributed by atoms with Crippen LogP contribution in [-0.4, -0.2) is 61.9 Å². The summed E-state index contributed by atoms with van der Waals surface area (Å²) in [6, 6.07) is 25.1. The van der Waals surface area contributed by atoms with Crippen LogP contribution >= 0.6 is 0 Å². The summed E-state index contributed by atoms with van der Waals surface area (Å²) >= 11 is 0. The first-order chi connectivity index (χ1) is 25.9. The maximum absolute atomic E-state index is 7.65. The highest BCUT2D eigenvalue weighted by molar-refractivity contribution is 6.12. The molecule has 0 radical (unpaired) electrons. The summed E-state index contributed by atoms with van der Waals surface area (Å²) < 4.78 is 43.0. The molecule has 0 amide bonds. The second-order valence-electron chi connectivity index (χ2n) is 13.8. The SMILES string of the molecule is CCC1(CC)c2c(OC)cc(OC)cc2-c2c1c1c(c3c(OC)cc(OC)cc23)OC(c2ccc(OC)cc2)(c2ccc(N3CCOCC3)cc2)C=C1. The lowest BCUT2D eigenvalue weighted by Crippen LogP contribution is -2.37. The fraction of sp³-hybridized carbons (Fsp3) is 0.333. The molecule has 1 fully saturated rings. The molecular formula is C45H47NO7. The van der Waals surface area contributed by atoms with Crippen LogP contribution in [0.15, 0.2) is 78.9 Å². The Balaban J connectivity index is 1.45. The predicted molar refractivity (Wildman–Crippen MR) is 210 cm³/mol. The van der Waals surface area contributed by atoms with Crippen molar-refractivity contribution < 1.29 is 33.2 Å². The predicted octanol–water partition coefficient (Wildman–Crippen LogP) is 9.16. The Hall–Kier alpha value is -5.34. The van der Waals surface area contributed by atoms with E-state index in [2.05, 4.69) is 79.4 Å². The lowest BCUT2D eigenvalue weighted by Gasteiger charge is -2.40. The van der Waals surface area contributed by atoms with E-state index in [4.69, 9.17) is 33.2 Å². The zero-order valence-corrected chi connectivity index (χ0v) is 31.6. The molecule has 8 nitrogen and oxygen atoms in total. The minimum Gasteiger partial charge on any atom is -0.497 e. The van der Waals surface area contributed by atoms with Crippen LogP contribution in [0.2, 0.25) is 0 Å². The third-order valence-corrected chi connectivity index (χ3v) is 11.7. The molecular weight excluding hydrogens is 666 g/mol. The number of anilines is 1. The maximum atomic E-state index is 7.65. The highest BCUT2D eigenvalue weighted by Gasteiger charge is 2.49. The molecule has 1 aliphatic carbocycles. The molecule has 0 saturated carbocycles. The number of hydrogen-bond acceptors (Lipinski definition) is 8. The van der Waals surface area contributed by atoms with Gasteiger partial charge in [0.25, 0.3) is 0 Å². The van der Waals surface area contributed by atoms with Gasteiger partial charge in [0.15, 0.2) is 5.60 Å². The van der Waals surface area contributed by atoms with Crippen LogP contribution in [0.3, 0.4) is 0 Å². The number of hydrogen-bond donors (Lipinski definition) is 0. The first kappa shape index (κ1) is 34.7. The third-order valence-electron chi connectivity index (χ3n) is 11.7. The highest BCUT2D eigenvalue weighted by Crippen LogP contribution is 2.64. The van der Waals surface area contributed by atoms with Crippen molar-refractivity contribution in [3.63, 3.8) is 0 Å². The summed E-state index contributed by atoms with van der Waals surface area (Å²) in [4.78, 5) is 2.37. The number of nitrogens with zero attached hydrogens (tertiary/aromatic N) is 1. The summed E-state index contributed by atoms with van der Waals surface area (Å²) in [5.41, 5.74) is 7.42. The largest absolute Gasteiger partial charge is 0.497 e. The van der Waals surface area contributed by atoms with Gasteiger partial charge >= 0.3 is 0 Å². The van der Waals surface area contributed by atoms with Crippen molar-refractivity contribution in [3.05, 3.63) is 107 Å². The molecule has 5 aromatic carbocycles. The van der Waals surface area contributed by atoms with Crippen molar-refractivity contribution in [1.29, 1.82) is 0 Å². The first-order valence-electron chi connectivity index (χ1n) is 18.4. The molecule has 8 heteroatoms. The molecule has 274 valence electrons. The van der Waals surface area contributed by atoms with E-state index < -0.39 is 5.60 Å². The first-order valence-corrected chi connectivity index (χ1v) is 18.4. The van der Waals surface area contributed by atoms with Gasteiger partial charge in [-0.25, -0.2) is 0 Å². The molecule has 0 aromatic heterocycles. The number of ether oxygens (including phenoxy) is 7. The second-order valence-corrected chi connectivity index (χ2v) is 13.8. The van der Waals surface area contributed by atoms with Crippen LogP contribution in [0.4, 0.5) is 5.69 Å². The van der Waals surface area contributed by atoms with Crippen molar-refractivity contribution in [1.82, 2.24) is 0 Å². The van der Waals surface area contributed by atoms with Gasteiger partial charge in [0.1, 0.15) is 34.5 Å². The van der Waals surface area contributed by atoms with Crippen molar-refractivity contribution in [2.45, 2.75) is 37.7 Å². The Morgan fingerprint density at radius 1 is 0.660 bits per heavy atom. The number of benzene rings is 5. The zero-order chi connectivity index (χ0) is 36.9. The summed E-state index contributed by atoms with van der Waals surface area (Å²) in [5.74, 6) is 4.46. The molecule has 8 rings (SSSR count). The van der Waals surface area contributed by atoms with Crippen molar-refractivity contribution in [2.75, 3.05) is 66.8 Å². The van der Waals surface area contributed by atoms with Crippen LogP contribution in [0.1, 0.15) is 54.5 Å². The normalized spacial score (nSPS) is 18.1. The quantitative estimate of drug-likeness (QED) is 0.142. The standard InChI is InChI=1S/C45H47NO7/c1-8-44(9-2)41-36(25-33(49-5)27-38(41)51-7)39-35-24-32(48-4)26-37(50-6)40(35)43-34(42(39)44)18-19-45(53-43,29-12-16-31(47-3)17-13-29)28-10-14-30(15-11-28)46-20-22-52-23-21-46/h10-19,24-27H,8-9,20-23H2,1-7H3. The zero-order valence-electron chi connectivity index (χ0n) is 31.6. The fourth-order valence-electron chi connectivity index (χ4n) is 8.95. The summed E-state index contributed by atoms with van der Waals surface area (Å²) in [6.45, 7) is 7.71. The van der Waals surface area contributed by atoms with Crippen molar-refractivity contribution in [3.8, 4) is 45.6 Å². The van der Waals surface area contributed by atoms with Crippen molar-refractivity contribution >= 4 is 22.5 Å². The monoisotopic (exact) mass is 713 g/mol. The van der Waals surface area contributed by atoms with Crippen LogP contribution in [0.5, 0.6) is 34.5 Å². The summed E-state index contributed by atoms with van der Waals surface area (Å²) in [5, 5.41) is 1.86. The molecule has 2 heterocycles. The summed E-state index contributed by atoms with van der Waals surface area (Å²) in [7, 11) is 8.52. The highest BCUT2D eigenvalue weighted by atomic mass is 16.5. The molecule has 3 aliphatic rings. The molecule has 2 aliphatic heterocycles. The number of fused-ring (bicyclic) bond motifs is 8. The Morgan fingerprint density at radius 2 is 1.26 bits per heavy atom. The Bertz CT molecular complexity index is 2200. The number of morpholine rings is 1. The van der Waals surface area contributed by atoms with Crippen LogP contribution in [-0.2, 0) is 15.8 Å². The van der Waals surface area contributed by atoms with Gasteiger partial charge in [0, 0.05) is 64.0 Å². The molecule has 53 heavy (non-hydrogen) atoms. The van der Waals surface area contributed by atoms with Gasteiger partial charge in [-0.05, 0) is 72.0 Å². The van der Waals surface area contributed by atoms with Gasteiger partial charge in [0.05, 0.1) is 54.1 Å². The van der Waals surface area contributed by atoms with Gasteiger partial charge in [-0.2, -0.15) is 0 Å². The van der Waals surface area contributed by atoms with Gasteiger partial charge < -0.3 is 38.1 Å². The molecule has 1 saturated heterocycles. The maximum Gasteiger partial charge on any atom is 0.178 e. The van der Waals surface area contributed by atoms with Crippen LogP contribution in [0.25, 0.3) is 28.0 Å². The number of rotatable bonds is 10. The van der Waals surface area contributed by atoms with E-state index in [0.29, 0.717) is 11.5 Å². The van der Waals surface area contributed by atoms with Gasteiger partial charge in [-0.3, -0.25) is 0 Å². The van der Waals surface area contributed by atoms with E-state index in [1.807, 2.05) is 24.3 Å². The lowest BCUT2D eigenvalue weighted by atomic mass is 9.70. The van der Waals surface area contributed by atoms with Crippen LogP contribution in [0, 0.1) is 0 Å². The molecule has 5 aromatic rings. The van der Waals surface area contributed by atoms with E-state index in [-0.39, 0.29) is 5.41 Å². The van der Waals surface area contributed by atoms with E-state index in [1.54, 1.807) is 35.5 Å². The Morgan fingerprint density at radius 3 is 1.87 bits per heavy atom. The fourth-order valence-corrected chi connectivity index (χ4v) is 8.95. The molecule has 0 N–H and O–H groups in total. The van der Waals surface area contributed by atoms with E-state index >= 15 is 0 Å². The van der Waals surface area contributed by atoms with Gasteiger partial charge in [0.2, 0.25) is 0 Å². The minimum atomic E-state index is -0.970. The lowest BCUT2D eigenvalue weighted by molar-refractivity contribution is 0.122. The Labute approximate surface area is 311 Å². The van der Waals surface area contributed by atoms with E-state index in [0.717, 1.165) is 112 Å².